The number of aromatic nitrogens is 2. The normalized spacial score (nSPS) is 16.9. The van der Waals surface area contributed by atoms with Gasteiger partial charge in [-0.2, -0.15) is 4.98 Å². The van der Waals surface area contributed by atoms with Gasteiger partial charge >= 0.3 is 0 Å². The number of anilines is 2. The van der Waals surface area contributed by atoms with Crippen molar-refractivity contribution < 1.29 is 14.3 Å². The summed E-state index contributed by atoms with van der Waals surface area (Å²) in [7, 11) is 3.65. The Kier molecular flexibility index (Phi) is 7.46. The maximum Gasteiger partial charge on any atom is 0.227 e. The van der Waals surface area contributed by atoms with E-state index in [-0.39, 0.29) is 18.1 Å². The van der Waals surface area contributed by atoms with Gasteiger partial charge in [0, 0.05) is 46.8 Å². The molecule has 1 fully saturated rings. The number of carbonyl (C=O) groups is 1. The van der Waals surface area contributed by atoms with Gasteiger partial charge in [0.05, 0.1) is 19.2 Å². The first-order valence-electron chi connectivity index (χ1n) is 10.3. The van der Waals surface area contributed by atoms with Crippen molar-refractivity contribution in [3.05, 3.63) is 42.1 Å². The number of likely N-dealkylation sites (N-methyl/N-ethyl adjacent to an activating group) is 1. The fourth-order valence-electron chi connectivity index (χ4n) is 3.48. The van der Waals surface area contributed by atoms with Crippen LogP contribution in [0.2, 0.25) is 0 Å². The van der Waals surface area contributed by atoms with Crippen molar-refractivity contribution in [3.63, 3.8) is 0 Å². The molecule has 2 heterocycles. The van der Waals surface area contributed by atoms with Crippen molar-refractivity contribution in [3.8, 4) is 5.75 Å². The average Bonchev–Trinajstić information content (AvgIpc) is 3.20. The molecule has 1 aromatic carbocycles. The largest absolute Gasteiger partial charge is 0.489 e. The van der Waals surface area contributed by atoms with Crippen LogP contribution in [0, 0.1) is 0 Å². The van der Waals surface area contributed by atoms with Crippen LogP contribution in [0.1, 0.15) is 31.9 Å². The second kappa shape index (κ2) is 10.2. The Morgan fingerprint density at radius 2 is 2.10 bits per heavy atom. The maximum atomic E-state index is 11.2. The van der Waals surface area contributed by atoms with E-state index in [1.165, 1.54) is 6.92 Å². The van der Waals surface area contributed by atoms with Gasteiger partial charge in [0.2, 0.25) is 11.9 Å². The number of carbonyl (C=O) groups excluding carboxylic acids is 1. The highest BCUT2D eigenvalue weighted by molar-refractivity contribution is 5.73. The van der Waals surface area contributed by atoms with Crippen molar-refractivity contribution >= 4 is 17.7 Å². The molecule has 0 bridgehead atoms. The molecule has 0 unspecified atom stereocenters. The Hall–Kier alpha value is -2.87. The van der Waals surface area contributed by atoms with Crippen molar-refractivity contribution in [2.45, 2.75) is 32.4 Å². The summed E-state index contributed by atoms with van der Waals surface area (Å²) in [6.07, 6.45) is 2.83. The molecule has 2 aromatic rings. The number of methoxy groups -OCH3 is 1. The molecule has 0 saturated carbocycles. The summed E-state index contributed by atoms with van der Waals surface area (Å²) in [6, 6.07) is 9.83. The molecule has 1 aliphatic rings. The summed E-state index contributed by atoms with van der Waals surface area (Å²) in [5.41, 5.74) is 1.05. The predicted octanol–water partition coefficient (Wildman–Crippen LogP) is 2.41. The van der Waals surface area contributed by atoms with E-state index in [1.54, 1.807) is 13.3 Å². The summed E-state index contributed by atoms with van der Waals surface area (Å²) in [4.78, 5) is 24.5. The first-order valence-corrected chi connectivity index (χ1v) is 10.3. The van der Waals surface area contributed by atoms with Crippen LogP contribution in [-0.4, -0.2) is 62.4 Å². The highest BCUT2D eigenvalue weighted by Crippen LogP contribution is 2.24. The molecule has 1 N–H and O–H groups in total. The van der Waals surface area contributed by atoms with Crippen molar-refractivity contribution in [1.82, 2.24) is 15.3 Å². The second-order valence-corrected chi connectivity index (χ2v) is 7.59. The quantitative estimate of drug-likeness (QED) is 0.676. The number of hydrogen-bond acceptors (Lipinski definition) is 7. The molecule has 1 aliphatic heterocycles. The molecule has 3 rings (SSSR count). The van der Waals surface area contributed by atoms with E-state index in [0.29, 0.717) is 12.6 Å². The van der Waals surface area contributed by atoms with Crippen LogP contribution in [0.5, 0.6) is 5.75 Å². The number of ether oxygens (including phenoxy) is 2. The number of amides is 1. The van der Waals surface area contributed by atoms with E-state index in [4.69, 9.17) is 14.5 Å². The number of nitrogens with one attached hydrogen (secondary N) is 1. The minimum Gasteiger partial charge on any atom is -0.489 e. The third kappa shape index (κ3) is 5.82. The molecule has 0 aliphatic carbocycles. The van der Waals surface area contributed by atoms with Gasteiger partial charge in [-0.05, 0) is 30.7 Å². The lowest BCUT2D eigenvalue weighted by Gasteiger charge is -2.21. The molecule has 8 nitrogen and oxygen atoms in total. The molecule has 0 spiro atoms. The van der Waals surface area contributed by atoms with E-state index in [9.17, 15) is 4.79 Å². The molecular formula is C22H31N5O3. The third-order valence-corrected chi connectivity index (χ3v) is 5.17. The van der Waals surface area contributed by atoms with E-state index >= 15 is 0 Å². The standard InChI is InChI=1S/C22H31N5O3/c1-16(24-17(2)28)18-5-7-19(8-6-18)30-20-10-12-27(15-20)21-9-11-23-22(25-21)26(3)13-14-29-4/h5-9,11,16,20H,10,12-15H2,1-4H3,(H,24,28)/t16-,20+/m0/s1. The summed E-state index contributed by atoms with van der Waals surface area (Å²) in [5.74, 6) is 2.41. The van der Waals surface area contributed by atoms with Crippen LogP contribution >= 0.6 is 0 Å². The minimum atomic E-state index is -0.0355. The smallest absolute Gasteiger partial charge is 0.227 e. The van der Waals surface area contributed by atoms with Gasteiger partial charge in [-0.25, -0.2) is 4.98 Å². The molecule has 1 aromatic heterocycles. The lowest BCUT2D eigenvalue weighted by Crippen LogP contribution is -2.27. The molecule has 1 amide bonds. The van der Waals surface area contributed by atoms with Gasteiger partial charge in [-0.3, -0.25) is 4.79 Å². The monoisotopic (exact) mass is 413 g/mol. The fraction of sp³-hybridized carbons (Fsp3) is 0.500. The molecule has 162 valence electrons. The molecular weight excluding hydrogens is 382 g/mol. The molecule has 1 saturated heterocycles. The number of benzene rings is 1. The van der Waals surface area contributed by atoms with Crippen LogP contribution in [0.4, 0.5) is 11.8 Å². The van der Waals surface area contributed by atoms with Gasteiger partial charge in [0.15, 0.2) is 0 Å². The van der Waals surface area contributed by atoms with Crippen molar-refractivity contribution in [1.29, 1.82) is 0 Å². The van der Waals surface area contributed by atoms with Crippen molar-refractivity contribution in [2.75, 3.05) is 50.2 Å². The zero-order chi connectivity index (χ0) is 21.5. The Morgan fingerprint density at radius 1 is 1.33 bits per heavy atom. The van der Waals surface area contributed by atoms with Crippen LogP contribution in [0.25, 0.3) is 0 Å². The zero-order valence-corrected chi connectivity index (χ0v) is 18.2. The van der Waals surface area contributed by atoms with Crippen LogP contribution in [0.3, 0.4) is 0 Å². The van der Waals surface area contributed by atoms with E-state index in [2.05, 4.69) is 15.2 Å². The minimum absolute atomic E-state index is 0.0208. The molecule has 0 radical (unpaired) electrons. The second-order valence-electron chi connectivity index (χ2n) is 7.59. The Balaban J connectivity index is 1.56. The summed E-state index contributed by atoms with van der Waals surface area (Å²) >= 11 is 0. The first kappa shape index (κ1) is 21.8. The van der Waals surface area contributed by atoms with Gasteiger partial charge < -0.3 is 24.6 Å². The molecule has 2 atom stereocenters. The number of hydrogen-bond donors (Lipinski definition) is 1. The maximum absolute atomic E-state index is 11.2. The van der Waals surface area contributed by atoms with Gasteiger partial charge in [0.1, 0.15) is 17.7 Å². The summed E-state index contributed by atoms with van der Waals surface area (Å²) < 4.78 is 11.3. The van der Waals surface area contributed by atoms with Crippen LogP contribution in [-0.2, 0) is 9.53 Å². The first-order chi connectivity index (χ1) is 14.5. The van der Waals surface area contributed by atoms with E-state index in [1.807, 2.05) is 49.2 Å². The lowest BCUT2D eigenvalue weighted by atomic mass is 10.1. The van der Waals surface area contributed by atoms with Gasteiger partial charge in [-0.15, -0.1) is 0 Å². The SMILES string of the molecule is COCCN(C)c1nccc(N2CC[C@@H](Oc3ccc([C@H](C)NC(C)=O)cc3)C2)n1. The Labute approximate surface area is 178 Å². The van der Waals surface area contributed by atoms with Crippen LogP contribution in [0.15, 0.2) is 36.5 Å². The summed E-state index contributed by atoms with van der Waals surface area (Å²) in [6.45, 7) is 6.53. The Morgan fingerprint density at radius 3 is 2.80 bits per heavy atom. The predicted molar refractivity (Wildman–Crippen MR) is 117 cm³/mol. The Bertz CT molecular complexity index is 830. The fourth-order valence-corrected chi connectivity index (χ4v) is 3.48. The molecule has 30 heavy (non-hydrogen) atoms. The average molecular weight is 414 g/mol. The van der Waals surface area contributed by atoms with Crippen LogP contribution < -0.4 is 19.9 Å². The van der Waals surface area contributed by atoms with E-state index in [0.717, 1.165) is 43.2 Å². The highest BCUT2D eigenvalue weighted by atomic mass is 16.5. The zero-order valence-electron chi connectivity index (χ0n) is 18.2. The van der Waals surface area contributed by atoms with Gasteiger partial charge in [-0.1, -0.05) is 12.1 Å². The topological polar surface area (TPSA) is 79.8 Å². The molecule has 8 heteroatoms. The number of nitrogens with zero attached hydrogens (tertiary/aromatic N) is 4. The third-order valence-electron chi connectivity index (χ3n) is 5.17. The lowest BCUT2D eigenvalue weighted by molar-refractivity contribution is -0.119. The number of rotatable bonds is 9. The summed E-state index contributed by atoms with van der Waals surface area (Å²) in [5, 5.41) is 2.89. The highest BCUT2D eigenvalue weighted by Gasteiger charge is 2.25. The van der Waals surface area contributed by atoms with Gasteiger partial charge in [0.25, 0.3) is 0 Å². The van der Waals surface area contributed by atoms with E-state index < -0.39 is 0 Å². The van der Waals surface area contributed by atoms with Crippen molar-refractivity contribution in [2.24, 2.45) is 0 Å².